The normalized spacial score (nSPS) is 16.5. The molecule has 2 aromatic carbocycles. The molecule has 4 N–H and O–H groups in total. The molecule has 1 aliphatic heterocycles. The quantitative estimate of drug-likeness (QED) is 0.405. The van der Waals surface area contributed by atoms with E-state index in [2.05, 4.69) is 33.8 Å². The van der Waals surface area contributed by atoms with Crippen molar-refractivity contribution in [2.45, 2.75) is 19.0 Å². The third kappa shape index (κ3) is 4.89. The van der Waals surface area contributed by atoms with Crippen molar-refractivity contribution in [1.29, 1.82) is 0 Å². The van der Waals surface area contributed by atoms with Crippen LogP contribution in [0.15, 0.2) is 53.5 Å². The second kappa shape index (κ2) is 9.10. The molecule has 1 atom stereocenters. The van der Waals surface area contributed by atoms with Crippen LogP contribution in [0.4, 0.5) is 5.69 Å². The van der Waals surface area contributed by atoms with E-state index in [1.54, 1.807) is 7.11 Å². The van der Waals surface area contributed by atoms with Gasteiger partial charge in [-0.25, -0.2) is 4.99 Å². The summed E-state index contributed by atoms with van der Waals surface area (Å²) in [6, 6.07) is 16.4. The summed E-state index contributed by atoms with van der Waals surface area (Å²) in [5, 5.41) is 6.60. The molecule has 0 saturated carbocycles. The Labute approximate surface area is 154 Å². The average Bonchev–Trinajstić information content (AvgIpc) is 2.68. The van der Waals surface area contributed by atoms with E-state index in [0.29, 0.717) is 25.7 Å². The number of nitrogens with two attached hydrogens (primary N) is 1. The molecular formula is C20H26N4O2. The molecule has 138 valence electrons. The first-order valence-electron chi connectivity index (χ1n) is 8.86. The van der Waals surface area contributed by atoms with Crippen LogP contribution in [0.1, 0.15) is 23.6 Å². The maximum absolute atomic E-state index is 6.09. The summed E-state index contributed by atoms with van der Waals surface area (Å²) >= 11 is 0. The number of nitrogens with one attached hydrogen (secondary N) is 2. The Morgan fingerprint density at radius 2 is 2.04 bits per heavy atom. The van der Waals surface area contributed by atoms with Gasteiger partial charge in [-0.3, -0.25) is 0 Å². The second-order valence-electron chi connectivity index (χ2n) is 6.19. The van der Waals surface area contributed by atoms with E-state index >= 15 is 0 Å². The van der Waals surface area contributed by atoms with Gasteiger partial charge in [0.05, 0.1) is 25.8 Å². The molecule has 0 spiro atoms. The number of para-hydroxylation sites is 1. The zero-order valence-corrected chi connectivity index (χ0v) is 15.1. The number of benzene rings is 2. The van der Waals surface area contributed by atoms with Gasteiger partial charge < -0.3 is 25.8 Å². The van der Waals surface area contributed by atoms with Crippen LogP contribution in [0.2, 0.25) is 0 Å². The molecular weight excluding hydrogens is 328 g/mol. The predicted molar refractivity (Wildman–Crippen MR) is 105 cm³/mol. The van der Waals surface area contributed by atoms with Gasteiger partial charge in [0, 0.05) is 31.3 Å². The van der Waals surface area contributed by atoms with Crippen molar-refractivity contribution in [3.8, 4) is 5.75 Å². The molecule has 2 aromatic rings. The van der Waals surface area contributed by atoms with E-state index in [-0.39, 0.29) is 6.04 Å². The van der Waals surface area contributed by atoms with Crippen LogP contribution in [0.25, 0.3) is 0 Å². The lowest BCUT2D eigenvalue weighted by Crippen LogP contribution is -2.37. The van der Waals surface area contributed by atoms with E-state index < -0.39 is 0 Å². The lowest BCUT2D eigenvalue weighted by Gasteiger charge is -2.26. The predicted octanol–water partition coefficient (Wildman–Crippen LogP) is 2.67. The summed E-state index contributed by atoms with van der Waals surface area (Å²) in [6.45, 7) is 2.70. The summed E-state index contributed by atoms with van der Waals surface area (Å²) in [4.78, 5) is 4.47. The smallest absolute Gasteiger partial charge is 0.189 e. The largest absolute Gasteiger partial charge is 0.493 e. The average molecular weight is 354 g/mol. The van der Waals surface area contributed by atoms with Crippen LogP contribution in [-0.4, -0.2) is 32.8 Å². The van der Waals surface area contributed by atoms with Crippen LogP contribution in [0.5, 0.6) is 5.75 Å². The molecule has 0 radical (unpaired) electrons. The molecule has 0 amide bonds. The van der Waals surface area contributed by atoms with E-state index in [0.717, 1.165) is 35.5 Å². The van der Waals surface area contributed by atoms with E-state index in [9.17, 15) is 0 Å². The highest BCUT2D eigenvalue weighted by Crippen LogP contribution is 2.31. The first-order valence-corrected chi connectivity index (χ1v) is 8.86. The fourth-order valence-electron chi connectivity index (χ4n) is 2.92. The minimum absolute atomic E-state index is 0.135. The Morgan fingerprint density at radius 1 is 1.23 bits per heavy atom. The Balaban J connectivity index is 1.54. The summed E-state index contributed by atoms with van der Waals surface area (Å²) in [5.41, 5.74) is 9.40. The molecule has 6 nitrogen and oxygen atoms in total. The highest BCUT2D eigenvalue weighted by atomic mass is 16.5. The van der Waals surface area contributed by atoms with Crippen LogP contribution < -0.4 is 21.1 Å². The second-order valence-corrected chi connectivity index (χ2v) is 6.19. The number of fused-ring (bicyclic) bond motifs is 1. The molecule has 1 aliphatic rings. The standard InChI is InChI=1S/C20H26N4O2/c1-25-13-11-22-16-8-6-15(7-9-16)14-23-20(21)24-18-10-12-26-19-5-3-2-4-17(18)19/h2-9,18,22H,10-14H2,1H3,(H3,21,23,24). The van der Waals surface area contributed by atoms with E-state index in [1.807, 2.05) is 30.3 Å². The molecule has 0 aromatic heterocycles. The number of nitrogens with zero attached hydrogens (tertiary/aromatic N) is 1. The zero-order valence-electron chi connectivity index (χ0n) is 15.1. The number of aliphatic imine (C=N–C) groups is 1. The minimum Gasteiger partial charge on any atom is -0.493 e. The van der Waals surface area contributed by atoms with Gasteiger partial charge >= 0.3 is 0 Å². The van der Waals surface area contributed by atoms with Crippen molar-refractivity contribution >= 4 is 11.6 Å². The number of rotatable bonds is 7. The molecule has 0 saturated heterocycles. The number of guanidine groups is 1. The Kier molecular flexibility index (Phi) is 6.33. The SMILES string of the molecule is COCCNc1ccc(CN=C(N)NC2CCOc3ccccc32)cc1. The molecule has 1 heterocycles. The molecule has 1 unspecified atom stereocenters. The molecule has 0 bridgehead atoms. The molecule has 26 heavy (non-hydrogen) atoms. The highest BCUT2D eigenvalue weighted by molar-refractivity contribution is 5.78. The summed E-state index contributed by atoms with van der Waals surface area (Å²) in [5.74, 6) is 1.37. The number of hydrogen-bond acceptors (Lipinski definition) is 4. The van der Waals surface area contributed by atoms with E-state index in [1.165, 1.54) is 0 Å². The molecule has 0 fully saturated rings. The van der Waals surface area contributed by atoms with Gasteiger partial charge in [0.1, 0.15) is 5.75 Å². The number of anilines is 1. The van der Waals surface area contributed by atoms with Crippen molar-refractivity contribution in [2.75, 3.05) is 32.2 Å². The van der Waals surface area contributed by atoms with Gasteiger partial charge in [-0.2, -0.15) is 0 Å². The van der Waals surface area contributed by atoms with Crippen molar-refractivity contribution in [3.05, 3.63) is 59.7 Å². The van der Waals surface area contributed by atoms with Crippen molar-refractivity contribution in [1.82, 2.24) is 5.32 Å². The van der Waals surface area contributed by atoms with Crippen molar-refractivity contribution in [2.24, 2.45) is 10.7 Å². The minimum atomic E-state index is 0.135. The van der Waals surface area contributed by atoms with Gasteiger partial charge in [-0.05, 0) is 23.8 Å². The maximum Gasteiger partial charge on any atom is 0.189 e. The monoisotopic (exact) mass is 354 g/mol. The first-order chi connectivity index (χ1) is 12.8. The third-order valence-electron chi connectivity index (χ3n) is 4.30. The lowest BCUT2D eigenvalue weighted by atomic mass is 10.0. The van der Waals surface area contributed by atoms with Crippen molar-refractivity contribution in [3.63, 3.8) is 0 Å². The maximum atomic E-state index is 6.09. The third-order valence-corrected chi connectivity index (χ3v) is 4.30. The Morgan fingerprint density at radius 3 is 2.85 bits per heavy atom. The Hall–Kier alpha value is -2.73. The fourth-order valence-corrected chi connectivity index (χ4v) is 2.92. The van der Waals surface area contributed by atoms with Gasteiger partial charge in [-0.1, -0.05) is 30.3 Å². The zero-order chi connectivity index (χ0) is 18.2. The fraction of sp³-hybridized carbons (Fsp3) is 0.350. The number of hydrogen-bond donors (Lipinski definition) is 3. The molecule has 6 heteroatoms. The van der Waals surface area contributed by atoms with Crippen LogP contribution >= 0.6 is 0 Å². The van der Waals surface area contributed by atoms with Crippen molar-refractivity contribution < 1.29 is 9.47 Å². The Bertz CT molecular complexity index is 731. The summed E-state index contributed by atoms with van der Waals surface area (Å²) in [6.07, 6.45) is 0.870. The lowest BCUT2D eigenvalue weighted by molar-refractivity contribution is 0.211. The van der Waals surface area contributed by atoms with Gasteiger partial charge in [-0.15, -0.1) is 0 Å². The number of methoxy groups -OCH3 is 1. The number of ether oxygens (including phenoxy) is 2. The molecule has 0 aliphatic carbocycles. The first kappa shape index (κ1) is 18.1. The van der Waals surface area contributed by atoms with Crippen LogP contribution in [0.3, 0.4) is 0 Å². The summed E-state index contributed by atoms with van der Waals surface area (Å²) < 4.78 is 10.7. The van der Waals surface area contributed by atoms with Gasteiger partial charge in [0.2, 0.25) is 0 Å². The highest BCUT2D eigenvalue weighted by Gasteiger charge is 2.21. The van der Waals surface area contributed by atoms with Gasteiger partial charge in [0.25, 0.3) is 0 Å². The van der Waals surface area contributed by atoms with Crippen LogP contribution in [-0.2, 0) is 11.3 Å². The summed E-state index contributed by atoms with van der Waals surface area (Å²) in [7, 11) is 1.69. The van der Waals surface area contributed by atoms with E-state index in [4.69, 9.17) is 15.2 Å². The van der Waals surface area contributed by atoms with Gasteiger partial charge in [0.15, 0.2) is 5.96 Å². The topological polar surface area (TPSA) is 80.9 Å². The molecule has 3 rings (SSSR count). The van der Waals surface area contributed by atoms with Crippen LogP contribution in [0, 0.1) is 0 Å².